The molecule has 1 unspecified atom stereocenters. The molecule has 5 nitrogen and oxygen atoms in total. The molecule has 0 bridgehead atoms. The van der Waals surface area contributed by atoms with E-state index >= 15 is 0 Å². The first kappa shape index (κ1) is 14.5. The van der Waals surface area contributed by atoms with Crippen molar-refractivity contribution in [3.63, 3.8) is 0 Å². The lowest BCUT2D eigenvalue weighted by atomic mass is 10.2. The van der Waals surface area contributed by atoms with Crippen molar-refractivity contribution in [2.24, 2.45) is 0 Å². The summed E-state index contributed by atoms with van der Waals surface area (Å²) in [5.74, 6) is 0.0177. The predicted molar refractivity (Wildman–Crippen MR) is 78.5 cm³/mol. The Labute approximate surface area is 119 Å². The average molecular weight is 275 g/mol. The number of anilines is 1. The van der Waals surface area contributed by atoms with Gasteiger partial charge in [-0.15, -0.1) is 0 Å². The van der Waals surface area contributed by atoms with Crippen LogP contribution in [0.3, 0.4) is 0 Å². The summed E-state index contributed by atoms with van der Waals surface area (Å²) in [7, 11) is 3.53. The quantitative estimate of drug-likeness (QED) is 0.867. The van der Waals surface area contributed by atoms with Gasteiger partial charge in [-0.05, 0) is 25.6 Å². The molecule has 2 amide bonds. The lowest BCUT2D eigenvalue weighted by molar-refractivity contribution is -0.136. The zero-order valence-corrected chi connectivity index (χ0v) is 12.0. The van der Waals surface area contributed by atoms with Crippen molar-refractivity contribution in [3.05, 3.63) is 30.3 Å². The van der Waals surface area contributed by atoms with E-state index in [0.29, 0.717) is 25.9 Å². The molecule has 1 aliphatic heterocycles. The van der Waals surface area contributed by atoms with Crippen molar-refractivity contribution >= 4 is 17.5 Å². The van der Waals surface area contributed by atoms with E-state index in [0.717, 1.165) is 5.69 Å². The second-order valence-corrected chi connectivity index (χ2v) is 4.99. The number of para-hydroxylation sites is 1. The molecule has 1 heterocycles. The van der Waals surface area contributed by atoms with Gasteiger partial charge in [0.2, 0.25) is 11.8 Å². The maximum absolute atomic E-state index is 12.4. The van der Waals surface area contributed by atoms with Crippen molar-refractivity contribution in [3.8, 4) is 0 Å². The molecular weight excluding hydrogens is 254 g/mol. The topological polar surface area (TPSA) is 52.7 Å². The highest BCUT2D eigenvalue weighted by molar-refractivity contribution is 6.01. The van der Waals surface area contributed by atoms with Crippen LogP contribution in [0.15, 0.2) is 30.3 Å². The van der Waals surface area contributed by atoms with Crippen LogP contribution in [-0.2, 0) is 9.59 Å². The summed E-state index contributed by atoms with van der Waals surface area (Å²) in [4.78, 5) is 27.8. The molecule has 0 spiro atoms. The Balaban J connectivity index is 2.02. The smallest absolute Gasteiger partial charge is 0.249 e. The Kier molecular flexibility index (Phi) is 4.74. The molecule has 108 valence electrons. The third kappa shape index (κ3) is 2.99. The standard InChI is InChI=1S/C15H21N3O2/c1-16-10-8-14(19)17(2)13-9-11-18(15(13)20)12-6-4-3-5-7-12/h3-7,13,16H,8-11H2,1-2H3. The zero-order valence-electron chi connectivity index (χ0n) is 12.0. The monoisotopic (exact) mass is 275 g/mol. The SMILES string of the molecule is CNCCC(=O)N(C)C1CCN(c2ccccc2)C1=O. The van der Waals surface area contributed by atoms with Gasteiger partial charge in [-0.1, -0.05) is 18.2 Å². The van der Waals surface area contributed by atoms with Crippen LogP contribution in [-0.4, -0.2) is 49.9 Å². The minimum atomic E-state index is -0.334. The number of carbonyl (C=O) groups excluding carboxylic acids is 2. The van der Waals surface area contributed by atoms with Gasteiger partial charge in [0.25, 0.3) is 0 Å². The highest BCUT2D eigenvalue weighted by Crippen LogP contribution is 2.23. The molecule has 0 aromatic heterocycles. The molecule has 1 N–H and O–H groups in total. The van der Waals surface area contributed by atoms with Gasteiger partial charge >= 0.3 is 0 Å². The van der Waals surface area contributed by atoms with Crippen LogP contribution in [0.5, 0.6) is 0 Å². The first-order chi connectivity index (χ1) is 9.65. The first-order valence-electron chi connectivity index (χ1n) is 6.92. The van der Waals surface area contributed by atoms with Gasteiger partial charge in [0.05, 0.1) is 0 Å². The van der Waals surface area contributed by atoms with Crippen LogP contribution in [0.1, 0.15) is 12.8 Å². The Morgan fingerprint density at radius 3 is 2.75 bits per heavy atom. The number of rotatable bonds is 5. The average Bonchev–Trinajstić information content (AvgIpc) is 2.86. The minimum absolute atomic E-state index is 0.00705. The molecule has 1 aliphatic rings. The van der Waals surface area contributed by atoms with Crippen LogP contribution in [0, 0.1) is 0 Å². The van der Waals surface area contributed by atoms with E-state index in [1.165, 1.54) is 0 Å². The van der Waals surface area contributed by atoms with Gasteiger partial charge in [0.15, 0.2) is 0 Å². The number of nitrogens with zero attached hydrogens (tertiary/aromatic N) is 2. The molecule has 0 saturated carbocycles. The third-order valence-corrected chi connectivity index (χ3v) is 3.69. The van der Waals surface area contributed by atoms with Crippen molar-refractivity contribution in [2.45, 2.75) is 18.9 Å². The van der Waals surface area contributed by atoms with Gasteiger partial charge in [-0.3, -0.25) is 9.59 Å². The van der Waals surface area contributed by atoms with E-state index in [1.807, 2.05) is 37.4 Å². The van der Waals surface area contributed by atoms with Crippen molar-refractivity contribution in [1.29, 1.82) is 0 Å². The van der Waals surface area contributed by atoms with Crippen LogP contribution in [0.2, 0.25) is 0 Å². The van der Waals surface area contributed by atoms with E-state index in [1.54, 1.807) is 16.8 Å². The predicted octanol–water partition coefficient (Wildman–Crippen LogP) is 0.860. The van der Waals surface area contributed by atoms with Gasteiger partial charge < -0.3 is 15.1 Å². The van der Waals surface area contributed by atoms with E-state index in [2.05, 4.69) is 5.32 Å². The fourth-order valence-electron chi connectivity index (χ4n) is 2.47. The van der Waals surface area contributed by atoms with E-state index in [-0.39, 0.29) is 17.9 Å². The first-order valence-corrected chi connectivity index (χ1v) is 6.92. The second-order valence-electron chi connectivity index (χ2n) is 4.99. The minimum Gasteiger partial charge on any atom is -0.334 e. The summed E-state index contributed by atoms with van der Waals surface area (Å²) in [6.07, 6.45) is 1.11. The number of nitrogens with one attached hydrogen (secondary N) is 1. The zero-order chi connectivity index (χ0) is 14.5. The Morgan fingerprint density at radius 2 is 2.10 bits per heavy atom. The van der Waals surface area contributed by atoms with Crippen LogP contribution in [0.4, 0.5) is 5.69 Å². The van der Waals surface area contributed by atoms with Gasteiger partial charge in [0, 0.05) is 32.2 Å². The van der Waals surface area contributed by atoms with E-state index < -0.39 is 0 Å². The van der Waals surface area contributed by atoms with Crippen LogP contribution >= 0.6 is 0 Å². The normalized spacial score (nSPS) is 18.4. The van der Waals surface area contributed by atoms with Gasteiger partial charge in [-0.2, -0.15) is 0 Å². The fraction of sp³-hybridized carbons (Fsp3) is 0.467. The molecule has 0 aliphatic carbocycles. The van der Waals surface area contributed by atoms with E-state index in [9.17, 15) is 9.59 Å². The highest BCUT2D eigenvalue weighted by atomic mass is 16.2. The summed E-state index contributed by atoms with van der Waals surface area (Å²) < 4.78 is 0. The number of benzene rings is 1. The molecule has 5 heteroatoms. The largest absolute Gasteiger partial charge is 0.334 e. The Hall–Kier alpha value is -1.88. The maximum atomic E-state index is 12.4. The highest BCUT2D eigenvalue weighted by Gasteiger charge is 2.36. The molecular formula is C15H21N3O2. The molecule has 1 aromatic rings. The molecule has 0 radical (unpaired) electrons. The lowest BCUT2D eigenvalue weighted by Gasteiger charge is -2.24. The number of hydrogen-bond donors (Lipinski definition) is 1. The molecule has 1 aromatic carbocycles. The Bertz CT molecular complexity index is 475. The summed E-state index contributed by atoms with van der Waals surface area (Å²) in [6.45, 7) is 1.30. The third-order valence-electron chi connectivity index (χ3n) is 3.69. The summed E-state index contributed by atoms with van der Waals surface area (Å²) in [6, 6.07) is 9.26. The van der Waals surface area contributed by atoms with Crippen molar-refractivity contribution in [1.82, 2.24) is 10.2 Å². The molecule has 2 rings (SSSR count). The van der Waals surface area contributed by atoms with Crippen molar-refractivity contribution < 1.29 is 9.59 Å². The Morgan fingerprint density at radius 1 is 1.40 bits per heavy atom. The van der Waals surface area contributed by atoms with Crippen molar-refractivity contribution in [2.75, 3.05) is 32.1 Å². The molecule has 1 fully saturated rings. The van der Waals surface area contributed by atoms with Crippen LogP contribution < -0.4 is 10.2 Å². The second kappa shape index (κ2) is 6.52. The maximum Gasteiger partial charge on any atom is 0.249 e. The van der Waals surface area contributed by atoms with Gasteiger partial charge in [-0.25, -0.2) is 0 Å². The molecule has 20 heavy (non-hydrogen) atoms. The summed E-state index contributed by atoms with van der Waals surface area (Å²) >= 11 is 0. The number of hydrogen-bond acceptors (Lipinski definition) is 3. The van der Waals surface area contributed by atoms with Crippen LogP contribution in [0.25, 0.3) is 0 Å². The summed E-state index contributed by atoms with van der Waals surface area (Å²) in [5, 5.41) is 2.95. The number of amides is 2. The fourth-order valence-corrected chi connectivity index (χ4v) is 2.47. The summed E-state index contributed by atoms with van der Waals surface area (Å²) in [5.41, 5.74) is 0.899. The number of carbonyl (C=O) groups is 2. The molecule has 1 saturated heterocycles. The van der Waals surface area contributed by atoms with Gasteiger partial charge in [0.1, 0.15) is 6.04 Å². The van der Waals surface area contributed by atoms with E-state index in [4.69, 9.17) is 0 Å². The number of likely N-dealkylation sites (N-methyl/N-ethyl adjacent to an activating group) is 1. The lowest BCUT2D eigenvalue weighted by Crippen LogP contribution is -2.43. The molecule has 1 atom stereocenters.